The van der Waals surface area contributed by atoms with Gasteiger partial charge in [-0.2, -0.15) is 0 Å². The summed E-state index contributed by atoms with van der Waals surface area (Å²) in [6, 6.07) is 6.52. The van der Waals surface area contributed by atoms with Crippen LogP contribution in [-0.2, 0) is 9.59 Å². The van der Waals surface area contributed by atoms with Crippen molar-refractivity contribution in [3.05, 3.63) is 47.1 Å². The van der Waals surface area contributed by atoms with Gasteiger partial charge in [0.1, 0.15) is 11.4 Å². The molecule has 0 aliphatic rings. The van der Waals surface area contributed by atoms with E-state index in [1.165, 1.54) is 13.0 Å². The van der Waals surface area contributed by atoms with Gasteiger partial charge in [-0.15, -0.1) is 0 Å². The maximum Gasteiger partial charge on any atom is 0.360 e. The number of imide groups is 1. The molecule has 108 valence electrons. The minimum Gasteiger partial charge on any atom is -0.421 e. The van der Waals surface area contributed by atoms with Crippen molar-refractivity contribution in [1.82, 2.24) is 0 Å². The molecule has 0 bridgehead atoms. The van der Waals surface area contributed by atoms with Crippen LogP contribution in [0.1, 0.15) is 20.3 Å². The molecular weight excluding hydrogens is 272 g/mol. The van der Waals surface area contributed by atoms with Gasteiger partial charge in [0.25, 0.3) is 0 Å². The monoisotopic (exact) mass is 287 g/mol. The van der Waals surface area contributed by atoms with E-state index >= 15 is 0 Å². The molecule has 2 amide bonds. The molecule has 2 rings (SSSR count). The zero-order valence-electron chi connectivity index (χ0n) is 11.8. The van der Waals surface area contributed by atoms with Crippen molar-refractivity contribution >= 4 is 17.5 Å². The average Bonchev–Trinajstić information content (AvgIpc) is 2.49. The number of anilines is 1. The number of amides is 2. The van der Waals surface area contributed by atoms with Crippen LogP contribution >= 0.6 is 0 Å². The van der Waals surface area contributed by atoms with E-state index < -0.39 is 17.4 Å². The molecule has 2 heterocycles. The lowest BCUT2D eigenvalue weighted by molar-refractivity contribution is -0.377. The Labute approximate surface area is 121 Å². The molecule has 2 aromatic rings. The molecule has 0 aliphatic heterocycles. The number of H-pyrrole nitrogens is 1. The van der Waals surface area contributed by atoms with Gasteiger partial charge < -0.3 is 4.42 Å². The number of hydrogen-bond donors (Lipinski definition) is 0. The van der Waals surface area contributed by atoms with Crippen molar-refractivity contribution < 1.29 is 19.0 Å². The van der Waals surface area contributed by atoms with Crippen LogP contribution < -0.4 is 15.5 Å². The van der Waals surface area contributed by atoms with Gasteiger partial charge in [-0.25, -0.2) is 14.7 Å². The minimum absolute atomic E-state index is 0.0713. The summed E-state index contributed by atoms with van der Waals surface area (Å²) in [7, 11) is 0. The maximum atomic E-state index is 12.1. The van der Waals surface area contributed by atoms with Gasteiger partial charge in [0.05, 0.1) is 5.56 Å². The van der Waals surface area contributed by atoms with Crippen LogP contribution in [0, 0.1) is 0 Å². The summed E-state index contributed by atoms with van der Waals surface area (Å²) >= 11 is 0. The fourth-order valence-electron chi connectivity index (χ4n) is 1.91. The summed E-state index contributed by atoms with van der Waals surface area (Å²) in [6.07, 6.45) is 3.53. The number of aromatic amines is 1. The highest BCUT2D eigenvalue weighted by molar-refractivity contribution is 6.13. The molecular formula is C15H15N2O4+. The Morgan fingerprint density at radius 2 is 2.05 bits per heavy atom. The van der Waals surface area contributed by atoms with Crippen molar-refractivity contribution in [2.24, 2.45) is 0 Å². The Bertz CT molecular complexity index is 722. The highest BCUT2D eigenvalue weighted by Gasteiger charge is 2.22. The van der Waals surface area contributed by atoms with E-state index in [9.17, 15) is 14.4 Å². The Hall–Kier alpha value is -2.76. The molecule has 0 aliphatic carbocycles. The van der Waals surface area contributed by atoms with E-state index in [-0.39, 0.29) is 12.1 Å². The van der Waals surface area contributed by atoms with Gasteiger partial charge in [-0.1, -0.05) is 6.92 Å². The summed E-state index contributed by atoms with van der Waals surface area (Å²) in [5.41, 5.74) is -0.108. The van der Waals surface area contributed by atoms with Crippen molar-refractivity contribution in [2.75, 3.05) is 4.90 Å². The van der Waals surface area contributed by atoms with Crippen LogP contribution in [-0.4, -0.2) is 11.8 Å². The van der Waals surface area contributed by atoms with Crippen molar-refractivity contribution in [3.63, 3.8) is 0 Å². The van der Waals surface area contributed by atoms with Crippen molar-refractivity contribution in [3.8, 4) is 11.3 Å². The van der Waals surface area contributed by atoms with Gasteiger partial charge in [-0.3, -0.25) is 9.59 Å². The van der Waals surface area contributed by atoms with Crippen LogP contribution in [0.3, 0.4) is 0 Å². The van der Waals surface area contributed by atoms with E-state index in [0.29, 0.717) is 11.3 Å². The molecule has 0 aromatic carbocycles. The molecule has 0 fully saturated rings. The van der Waals surface area contributed by atoms with Gasteiger partial charge in [0, 0.05) is 19.4 Å². The second-order valence-electron chi connectivity index (χ2n) is 4.37. The molecule has 0 saturated heterocycles. The highest BCUT2D eigenvalue weighted by Crippen LogP contribution is 2.19. The van der Waals surface area contributed by atoms with E-state index in [1.54, 1.807) is 37.5 Å². The Kier molecular flexibility index (Phi) is 4.27. The Morgan fingerprint density at radius 1 is 1.29 bits per heavy atom. The van der Waals surface area contributed by atoms with Gasteiger partial charge in [-0.05, 0) is 18.2 Å². The summed E-state index contributed by atoms with van der Waals surface area (Å²) in [4.78, 5) is 39.1. The smallest absolute Gasteiger partial charge is 0.360 e. The molecule has 21 heavy (non-hydrogen) atoms. The fourth-order valence-corrected chi connectivity index (χ4v) is 1.91. The van der Waals surface area contributed by atoms with Crippen LogP contribution in [0.25, 0.3) is 11.3 Å². The first-order valence-corrected chi connectivity index (χ1v) is 6.48. The second kappa shape index (κ2) is 6.13. The molecule has 2 aromatic heterocycles. The van der Waals surface area contributed by atoms with Crippen LogP contribution in [0.2, 0.25) is 0 Å². The molecule has 0 radical (unpaired) electrons. The second-order valence-corrected chi connectivity index (χ2v) is 4.37. The highest BCUT2D eigenvalue weighted by atomic mass is 16.4. The third kappa shape index (κ3) is 3.05. The van der Waals surface area contributed by atoms with Crippen LogP contribution in [0.15, 0.2) is 45.9 Å². The van der Waals surface area contributed by atoms with E-state index in [2.05, 4.69) is 4.98 Å². The average molecular weight is 287 g/mol. The predicted molar refractivity (Wildman–Crippen MR) is 75.4 cm³/mol. The van der Waals surface area contributed by atoms with Gasteiger partial charge >= 0.3 is 5.63 Å². The molecule has 6 heteroatoms. The number of carbonyl (C=O) groups excluding carboxylic acids is 2. The minimum atomic E-state index is -0.728. The lowest BCUT2D eigenvalue weighted by Gasteiger charge is -2.16. The summed E-state index contributed by atoms with van der Waals surface area (Å²) in [5, 5.41) is 0. The number of carbonyl (C=O) groups is 2. The standard InChI is InChI=1S/C15H14N2O4/c1-3-14(19)17(10(2)18)12-6-7-13(21-15(12)20)11-5-4-8-16-9-11/h4-9H,3H2,1-2H3/p+1. The number of nitrogens with one attached hydrogen (secondary N) is 1. The third-order valence-electron chi connectivity index (χ3n) is 2.90. The summed E-state index contributed by atoms with van der Waals surface area (Å²) < 4.78 is 5.20. The number of pyridine rings is 1. The van der Waals surface area contributed by atoms with Crippen molar-refractivity contribution in [2.45, 2.75) is 20.3 Å². The normalized spacial score (nSPS) is 10.2. The van der Waals surface area contributed by atoms with E-state index in [0.717, 1.165) is 4.90 Å². The zero-order valence-corrected chi connectivity index (χ0v) is 11.8. The van der Waals surface area contributed by atoms with Gasteiger partial charge in [0.15, 0.2) is 12.4 Å². The van der Waals surface area contributed by atoms with Crippen LogP contribution in [0.5, 0.6) is 0 Å². The lowest BCUT2D eigenvalue weighted by atomic mass is 10.2. The first-order chi connectivity index (χ1) is 10.0. The molecule has 1 N–H and O–H groups in total. The van der Waals surface area contributed by atoms with Crippen LogP contribution in [0.4, 0.5) is 5.69 Å². The summed E-state index contributed by atoms with van der Waals surface area (Å²) in [5.74, 6) is -0.612. The Morgan fingerprint density at radius 3 is 2.57 bits per heavy atom. The number of nitrogens with zero attached hydrogens (tertiary/aromatic N) is 1. The van der Waals surface area contributed by atoms with Crippen molar-refractivity contribution in [1.29, 1.82) is 0 Å². The van der Waals surface area contributed by atoms with Gasteiger partial charge in [0.2, 0.25) is 11.8 Å². The molecule has 0 spiro atoms. The zero-order chi connectivity index (χ0) is 15.4. The van der Waals surface area contributed by atoms with E-state index in [1.807, 2.05) is 0 Å². The molecule has 6 nitrogen and oxygen atoms in total. The lowest BCUT2D eigenvalue weighted by Crippen LogP contribution is -2.37. The number of aromatic nitrogens is 1. The van der Waals surface area contributed by atoms with E-state index in [4.69, 9.17) is 4.42 Å². The third-order valence-corrected chi connectivity index (χ3v) is 2.90. The largest absolute Gasteiger partial charge is 0.421 e. The number of hydrogen-bond acceptors (Lipinski definition) is 4. The quantitative estimate of drug-likeness (QED) is 0.854. The SMILES string of the molecule is CCC(=O)N(C(C)=O)c1ccc(-c2ccc[nH+]c2)oc1=O. The summed E-state index contributed by atoms with van der Waals surface area (Å²) in [6.45, 7) is 2.85. The predicted octanol–water partition coefficient (Wildman–Crippen LogP) is 1.41. The number of rotatable bonds is 3. The maximum absolute atomic E-state index is 12.1. The molecule has 0 atom stereocenters. The topological polar surface area (TPSA) is 81.7 Å². The first-order valence-electron chi connectivity index (χ1n) is 6.48. The molecule has 0 unspecified atom stereocenters. The molecule has 0 saturated carbocycles. The Balaban J connectivity index is 2.46. The first kappa shape index (κ1) is 14.6. The fraction of sp³-hybridized carbons (Fsp3) is 0.200.